The Morgan fingerprint density at radius 3 is 2.61 bits per heavy atom. The van der Waals surface area contributed by atoms with Crippen LogP contribution in [-0.4, -0.2) is 21.0 Å². The van der Waals surface area contributed by atoms with Crippen LogP contribution in [0.1, 0.15) is 30.2 Å². The lowest BCUT2D eigenvalue weighted by Gasteiger charge is -2.12. The van der Waals surface area contributed by atoms with Crippen molar-refractivity contribution in [1.82, 2.24) is 9.97 Å². The van der Waals surface area contributed by atoms with Crippen molar-refractivity contribution in [1.29, 1.82) is 0 Å². The predicted molar refractivity (Wildman–Crippen MR) is 90.9 cm³/mol. The van der Waals surface area contributed by atoms with Crippen LogP contribution in [0.3, 0.4) is 0 Å². The molecular formula is C17H20N4O2. The molecule has 6 nitrogen and oxygen atoms in total. The van der Waals surface area contributed by atoms with E-state index in [-0.39, 0.29) is 5.95 Å². The number of carboxylic acids is 1. The Morgan fingerprint density at radius 1 is 1.30 bits per heavy atom. The average Bonchev–Trinajstić information content (AvgIpc) is 2.52. The molecule has 1 aromatic carbocycles. The van der Waals surface area contributed by atoms with Crippen LogP contribution in [0.25, 0.3) is 6.08 Å². The predicted octanol–water partition coefficient (Wildman–Crippen LogP) is 2.86. The van der Waals surface area contributed by atoms with Crippen LogP contribution in [0.15, 0.2) is 35.9 Å². The smallest absolute Gasteiger partial charge is 0.331 e. The first kappa shape index (κ1) is 16.5. The van der Waals surface area contributed by atoms with Gasteiger partial charge in [-0.25, -0.2) is 9.78 Å². The van der Waals surface area contributed by atoms with Gasteiger partial charge in [-0.3, -0.25) is 0 Å². The van der Waals surface area contributed by atoms with Gasteiger partial charge in [-0.05, 0) is 25.0 Å². The van der Waals surface area contributed by atoms with Crippen LogP contribution in [0, 0.1) is 6.92 Å². The molecule has 0 spiro atoms. The van der Waals surface area contributed by atoms with Gasteiger partial charge >= 0.3 is 5.97 Å². The van der Waals surface area contributed by atoms with Gasteiger partial charge in [0.15, 0.2) is 0 Å². The van der Waals surface area contributed by atoms with Crippen molar-refractivity contribution in [3.8, 4) is 0 Å². The number of nitrogens with one attached hydrogen (secondary N) is 1. The van der Waals surface area contributed by atoms with Crippen LogP contribution >= 0.6 is 0 Å². The number of hydrogen-bond donors (Lipinski definition) is 3. The van der Waals surface area contributed by atoms with E-state index in [0.717, 1.165) is 5.56 Å². The van der Waals surface area contributed by atoms with E-state index in [1.165, 1.54) is 0 Å². The van der Waals surface area contributed by atoms with Crippen molar-refractivity contribution in [2.24, 2.45) is 0 Å². The highest BCUT2D eigenvalue weighted by Gasteiger charge is 2.12. The first-order chi connectivity index (χ1) is 11.0. The number of aliphatic carboxylic acids is 1. The van der Waals surface area contributed by atoms with Crippen LogP contribution in [0.2, 0.25) is 0 Å². The molecular weight excluding hydrogens is 292 g/mol. The summed E-state index contributed by atoms with van der Waals surface area (Å²) >= 11 is 0. The molecule has 0 aliphatic heterocycles. The lowest BCUT2D eigenvalue weighted by molar-refractivity contribution is -0.132. The van der Waals surface area contributed by atoms with Crippen molar-refractivity contribution in [3.63, 3.8) is 0 Å². The zero-order chi connectivity index (χ0) is 16.8. The van der Waals surface area contributed by atoms with Gasteiger partial charge in [0.1, 0.15) is 5.82 Å². The Morgan fingerprint density at radius 2 is 2.00 bits per heavy atom. The molecule has 0 saturated heterocycles. The first-order valence-electron chi connectivity index (χ1n) is 7.37. The van der Waals surface area contributed by atoms with E-state index in [0.29, 0.717) is 35.6 Å². The maximum absolute atomic E-state index is 11.2. The second kappa shape index (κ2) is 7.40. The number of nitrogen functional groups attached to an aromatic ring is 1. The Hall–Kier alpha value is -2.89. The fraction of sp³-hybridized carbons (Fsp3) is 0.235. The molecule has 0 fully saturated rings. The van der Waals surface area contributed by atoms with E-state index >= 15 is 0 Å². The Bertz CT molecular complexity index is 727. The molecule has 0 aliphatic rings. The summed E-state index contributed by atoms with van der Waals surface area (Å²) in [5.41, 5.74) is 8.39. The molecule has 1 heterocycles. The van der Waals surface area contributed by atoms with Crippen molar-refractivity contribution in [3.05, 3.63) is 52.7 Å². The maximum Gasteiger partial charge on any atom is 0.331 e. The van der Waals surface area contributed by atoms with E-state index in [9.17, 15) is 9.90 Å². The topological polar surface area (TPSA) is 101 Å². The number of benzene rings is 1. The standard InChI is InChI=1S/C17H20N4O2/c1-3-13(16(22)23)9-14-11(2)20-17(18)21-15(14)19-10-12-7-5-4-6-8-12/h4-9H,3,10H2,1-2H3,(H,22,23)(H3,18,19,20,21)/b13-9+. The van der Waals surface area contributed by atoms with Crippen LogP contribution in [0.5, 0.6) is 0 Å². The Balaban J connectivity index is 2.36. The average molecular weight is 312 g/mol. The third-order valence-corrected chi connectivity index (χ3v) is 3.43. The van der Waals surface area contributed by atoms with Gasteiger partial charge in [-0.2, -0.15) is 4.98 Å². The highest BCUT2D eigenvalue weighted by molar-refractivity contribution is 5.93. The number of rotatable bonds is 6. The van der Waals surface area contributed by atoms with E-state index in [1.54, 1.807) is 19.9 Å². The molecule has 2 rings (SSSR count). The van der Waals surface area contributed by atoms with Crippen molar-refractivity contribution < 1.29 is 9.90 Å². The molecule has 0 unspecified atom stereocenters. The summed E-state index contributed by atoms with van der Waals surface area (Å²) in [7, 11) is 0. The van der Waals surface area contributed by atoms with Crippen LogP contribution in [-0.2, 0) is 11.3 Å². The summed E-state index contributed by atoms with van der Waals surface area (Å²) < 4.78 is 0. The fourth-order valence-electron chi connectivity index (χ4n) is 2.18. The SMILES string of the molecule is CC/C(=C\c1c(C)nc(N)nc1NCc1ccccc1)C(=O)O. The molecule has 6 heteroatoms. The summed E-state index contributed by atoms with van der Waals surface area (Å²) in [6.45, 7) is 4.14. The molecule has 0 aliphatic carbocycles. The number of aryl methyl sites for hydroxylation is 1. The number of hydrogen-bond acceptors (Lipinski definition) is 5. The van der Waals surface area contributed by atoms with Gasteiger partial charge in [0, 0.05) is 17.7 Å². The third-order valence-electron chi connectivity index (χ3n) is 3.43. The first-order valence-corrected chi connectivity index (χ1v) is 7.37. The normalized spacial score (nSPS) is 11.3. The molecule has 23 heavy (non-hydrogen) atoms. The summed E-state index contributed by atoms with van der Waals surface area (Å²) in [5.74, 6) is -0.257. The van der Waals surface area contributed by atoms with E-state index in [1.807, 2.05) is 30.3 Å². The van der Waals surface area contributed by atoms with Crippen LogP contribution < -0.4 is 11.1 Å². The molecule has 0 bridgehead atoms. The molecule has 0 saturated carbocycles. The highest BCUT2D eigenvalue weighted by atomic mass is 16.4. The maximum atomic E-state index is 11.2. The minimum absolute atomic E-state index is 0.156. The van der Waals surface area contributed by atoms with Gasteiger partial charge in [-0.1, -0.05) is 37.3 Å². The monoisotopic (exact) mass is 312 g/mol. The lowest BCUT2D eigenvalue weighted by Crippen LogP contribution is -2.09. The number of carbonyl (C=O) groups is 1. The summed E-state index contributed by atoms with van der Waals surface area (Å²) in [6.07, 6.45) is 2.02. The van der Waals surface area contributed by atoms with Crippen molar-refractivity contribution >= 4 is 23.8 Å². The summed E-state index contributed by atoms with van der Waals surface area (Å²) in [4.78, 5) is 19.6. The number of nitrogens with zero attached hydrogens (tertiary/aromatic N) is 2. The van der Waals surface area contributed by atoms with Crippen LogP contribution in [0.4, 0.5) is 11.8 Å². The largest absolute Gasteiger partial charge is 0.478 e. The zero-order valence-electron chi connectivity index (χ0n) is 13.2. The zero-order valence-corrected chi connectivity index (χ0v) is 13.2. The lowest BCUT2D eigenvalue weighted by atomic mass is 10.1. The minimum atomic E-state index is -0.947. The van der Waals surface area contributed by atoms with Gasteiger partial charge in [0.05, 0.1) is 5.69 Å². The second-order valence-corrected chi connectivity index (χ2v) is 5.10. The molecule has 0 atom stereocenters. The van der Waals surface area contributed by atoms with Crippen molar-refractivity contribution in [2.45, 2.75) is 26.8 Å². The van der Waals surface area contributed by atoms with Gasteiger partial charge < -0.3 is 16.2 Å². The molecule has 2 aromatic rings. The number of carboxylic acid groups (broad SMARTS) is 1. The fourth-order valence-corrected chi connectivity index (χ4v) is 2.18. The number of nitrogens with two attached hydrogens (primary N) is 1. The van der Waals surface area contributed by atoms with Gasteiger partial charge in [-0.15, -0.1) is 0 Å². The second-order valence-electron chi connectivity index (χ2n) is 5.10. The van der Waals surface area contributed by atoms with E-state index in [4.69, 9.17) is 5.73 Å². The highest BCUT2D eigenvalue weighted by Crippen LogP contribution is 2.22. The molecule has 4 N–H and O–H groups in total. The Kier molecular flexibility index (Phi) is 5.30. The number of anilines is 2. The molecule has 120 valence electrons. The Labute approximate surface area is 135 Å². The molecule has 0 radical (unpaired) electrons. The minimum Gasteiger partial charge on any atom is -0.478 e. The van der Waals surface area contributed by atoms with E-state index in [2.05, 4.69) is 15.3 Å². The van der Waals surface area contributed by atoms with Crippen molar-refractivity contribution in [2.75, 3.05) is 11.1 Å². The third kappa shape index (κ3) is 4.29. The summed E-state index contributed by atoms with van der Waals surface area (Å²) in [6, 6.07) is 9.85. The van der Waals surface area contributed by atoms with E-state index < -0.39 is 5.97 Å². The quantitative estimate of drug-likeness (QED) is 0.709. The molecule has 1 aromatic heterocycles. The summed E-state index contributed by atoms with van der Waals surface area (Å²) in [5, 5.41) is 12.4. The van der Waals surface area contributed by atoms with Gasteiger partial charge in [0.2, 0.25) is 5.95 Å². The number of aromatic nitrogens is 2. The van der Waals surface area contributed by atoms with Gasteiger partial charge in [0.25, 0.3) is 0 Å². The molecule has 0 amide bonds.